The predicted molar refractivity (Wildman–Crippen MR) is 89.5 cm³/mol. The van der Waals surface area contributed by atoms with E-state index in [-0.39, 0.29) is 27.3 Å². The number of aliphatic carboxylic acids is 2. The van der Waals surface area contributed by atoms with Gasteiger partial charge >= 0.3 is 11.9 Å². The third kappa shape index (κ3) is 11.7. The van der Waals surface area contributed by atoms with Gasteiger partial charge in [-0.25, -0.2) is 9.59 Å². The summed E-state index contributed by atoms with van der Waals surface area (Å²) in [6.07, 6.45) is -20.5. The summed E-state index contributed by atoms with van der Waals surface area (Å²) < 4.78 is 0. The van der Waals surface area contributed by atoms with E-state index >= 15 is 0 Å². The van der Waals surface area contributed by atoms with Crippen LogP contribution in [0.3, 0.4) is 0 Å². The number of carboxylic acid groups (broad SMARTS) is 2. The minimum atomic E-state index is -2.29. The fourth-order valence-electron chi connectivity index (χ4n) is 1.74. The van der Waals surface area contributed by atoms with Gasteiger partial charge in [-0.05, 0) is 0 Å². The van der Waals surface area contributed by atoms with E-state index in [1.807, 2.05) is 0 Å². The van der Waals surface area contributed by atoms with Gasteiger partial charge < -0.3 is 71.5 Å². The number of rotatable bonds is 12. The van der Waals surface area contributed by atoms with E-state index in [1.54, 1.807) is 0 Å². The molecule has 31 heavy (non-hydrogen) atoms. The summed E-state index contributed by atoms with van der Waals surface area (Å²) in [7, 11) is 0. The topological polar surface area (TPSA) is 317 Å². The monoisotopic (exact) mass is 566 g/mol. The summed E-state index contributed by atoms with van der Waals surface area (Å²) in [5.41, 5.74) is 0. The zero-order valence-electron chi connectivity index (χ0n) is 16.0. The van der Waals surface area contributed by atoms with E-state index in [1.165, 1.54) is 0 Å². The van der Waals surface area contributed by atoms with Crippen molar-refractivity contribution >= 4 is 11.9 Å². The summed E-state index contributed by atoms with van der Waals surface area (Å²) in [5, 5.41) is 123. The quantitative estimate of drug-likeness (QED) is 0.0978. The summed E-state index contributed by atoms with van der Waals surface area (Å²) in [6, 6.07) is 0. The second-order valence-electron chi connectivity index (χ2n) is 6.01. The summed E-state index contributed by atoms with van der Waals surface area (Å²) in [5.74, 6) is -3.57. The van der Waals surface area contributed by atoms with E-state index in [0.717, 1.165) is 0 Å². The molecule has 0 radical (unpaired) electrons. The van der Waals surface area contributed by atoms with Crippen LogP contribution in [0.5, 0.6) is 0 Å². The molecule has 0 aromatic heterocycles. The average Bonchev–Trinajstić information content (AvgIpc) is 2.73. The second-order valence-corrected chi connectivity index (χ2v) is 6.01. The van der Waals surface area contributed by atoms with Crippen LogP contribution in [-0.4, -0.2) is 158 Å². The number of carboxylic acids is 2. The third-order valence-electron chi connectivity index (χ3n) is 3.72. The van der Waals surface area contributed by atoms with Crippen LogP contribution < -0.4 is 0 Å². The Morgan fingerprint density at radius 2 is 0.710 bits per heavy atom. The van der Waals surface area contributed by atoms with Gasteiger partial charge in [0.2, 0.25) is 0 Å². The van der Waals surface area contributed by atoms with Gasteiger partial charge in [-0.1, -0.05) is 0 Å². The molecule has 0 aliphatic heterocycles. The minimum absolute atomic E-state index is 0. The largest absolute Gasteiger partial charge is 0.479 e. The maximum absolute atomic E-state index is 10.2. The third-order valence-corrected chi connectivity index (χ3v) is 3.72. The van der Waals surface area contributed by atoms with Crippen molar-refractivity contribution in [2.45, 2.75) is 61.0 Å². The van der Waals surface area contributed by atoms with Gasteiger partial charge in [0.1, 0.15) is 48.8 Å². The van der Waals surface area contributed by atoms with Gasteiger partial charge in [0.25, 0.3) is 0 Å². The Kier molecular flexibility index (Phi) is 19.1. The number of carbonyl (C=O) groups is 2. The molecule has 0 rings (SSSR count). The van der Waals surface area contributed by atoms with Crippen molar-refractivity contribution in [2.24, 2.45) is 0 Å². The van der Waals surface area contributed by atoms with Crippen LogP contribution in [0.1, 0.15) is 0 Å². The van der Waals surface area contributed by atoms with Crippen molar-refractivity contribution in [1.82, 2.24) is 0 Å². The predicted octanol–water partition coefficient (Wildman–Crippen LogP) is -8.27. The molecule has 0 aliphatic rings. The molecule has 0 saturated carbocycles. The molecular weight excluding hydrogens is 537 g/mol. The smallest absolute Gasteiger partial charge is 0.335 e. The van der Waals surface area contributed by atoms with Gasteiger partial charge in [0.15, 0.2) is 12.2 Å². The van der Waals surface area contributed by atoms with Crippen molar-refractivity contribution in [3.05, 3.63) is 0 Å². The molecule has 0 saturated heterocycles. The first-order chi connectivity index (χ1) is 13.6. The van der Waals surface area contributed by atoms with E-state index in [2.05, 4.69) is 0 Å². The van der Waals surface area contributed by atoms with E-state index in [9.17, 15) is 9.59 Å². The Hall–Kier alpha value is -0.618. The molecule has 0 aromatic rings. The zero-order chi connectivity index (χ0) is 24.3. The van der Waals surface area contributed by atoms with Gasteiger partial charge in [0, 0.05) is 27.3 Å². The standard InChI is InChI=1S/2C7H14O8.Cd/c2*8-1-2(9)3(10)4(11)5(12)6(13)7(14)15;/h2*2-6,8-13H,1H2,(H,14,15);/t2*2-,3-,4+,5-,6+;/m00./s1. The molecule has 0 bridgehead atoms. The van der Waals surface area contributed by atoms with Gasteiger partial charge in [0.05, 0.1) is 13.2 Å². The molecule has 0 fully saturated rings. The molecule has 0 aliphatic carbocycles. The molecule has 0 unspecified atom stereocenters. The molecule has 0 heterocycles. The van der Waals surface area contributed by atoms with Crippen molar-refractivity contribution in [1.29, 1.82) is 0 Å². The minimum Gasteiger partial charge on any atom is -0.479 e. The molecule has 0 spiro atoms. The fraction of sp³-hybridized carbons (Fsp3) is 0.857. The summed E-state index contributed by atoms with van der Waals surface area (Å²) >= 11 is 0. The van der Waals surface area contributed by atoms with Crippen molar-refractivity contribution in [2.75, 3.05) is 13.2 Å². The first-order valence-corrected chi connectivity index (χ1v) is 8.13. The Morgan fingerprint density at radius 3 is 0.871 bits per heavy atom. The van der Waals surface area contributed by atoms with Gasteiger partial charge in [-0.2, -0.15) is 0 Å². The van der Waals surface area contributed by atoms with Crippen LogP contribution in [0.4, 0.5) is 0 Å². The molecule has 14 N–H and O–H groups in total. The van der Waals surface area contributed by atoms with Crippen LogP contribution in [0.15, 0.2) is 0 Å². The van der Waals surface area contributed by atoms with Crippen molar-refractivity contribution in [3.8, 4) is 0 Å². The van der Waals surface area contributed by atoms with Crippen LogP contribution in [0.25, 0.3) is 0 Å². The first-order valence-electron chi connectivity index (χ1n) is 8.13. The van der Waals surface area contributed by atoms with Crippen LogP contribution in [-0.2, 0) is 36.9 Å². The fourth-order valence-corrected chi connectivity index (χ4v) is 1.74. The second kappa shape index (κ2) is 16.9. The Bertz CT molecular complexity index is 465. The molecule has 0 amide bonds. The summed E-state index contributed by atoms with van der Waals surface area (Å²) in [6.45, 7) is -1.76. The van der Waals surface area contributed by atoms with E-state index < -0.39 is 86.2 Å². The van der Waals surface area contributed by atoms with E-state index in [4.69, 9.17) is 71.5 Å². The zero-order valence-corrected chi connectivity index (χ0v) is 20.0. The van der Waals surface area contributed by atoms with Gasteiger partial charge in [-0.3, -0.25) is 0 Å². The van der Waals surface area contributed by atoms with Crippen LogP contribution >= 0.6 is 0 Å². The molecule has 16 nitrogen and oxygen atoms in total. The number of aliphatic hydroxyl groups is 12. The number of aliphatic hydroxyl groups excluding tert-OH is 12. The maximum atomic E-state index is 10.2. The molecule has 0 aromatic carbocycles. The van der Waals surface area contributed by atoms with Crippen LogP contribution in [0.2, 0.25) is 0 Å². The average molecular weight is 565 g/mol. The number of hydrogen-bond acceptors (Lipinski definition) is 14. The Labute approximate surface area is 194 Å². The van der Waals surface area contributed by atoms with Crippen LogP contribution in [0, 0.1) is 0 Å². The SMILES string of the molecule is O=C(O)[C@H](O)[C@@H](O)[C@H](O)[C@@H](O)[C@@H](O)CO.O=C(O)[C@H](O)[C@@H](O)[C@H](O)[C@@H](O)[C@@H](O)CO.[Cd]. The molecular formula is C14H28CdO16. The van der Waals surface area contributed by atoms with E-state index in [0.29, 0.717) is 0 Å². The van der Waals surface area contributed by atoms with Gasteiger partial charge in [-0.15, -0.1) is 0 Å². The molecule has 10 atom stereocenters. The molecule has 182 valence electrons. The number of hydrogen-bond donors (Lipinski definition) is 14. The molecule has 17 heteroatoms. The Morgan fingerprint density at radius 1 is 0.484 bits per heavy atom. The van der Waals surface area contributed by atoms with Crippen molar-refractivity contribution in [3.63, 3.8) is 0 Å². The Balaban J connectivity index is -0.000000490. The summed E-state index contributed by atoms with van der Waals surface area (Å²) in [4.78, 5) is 20.4. The normalized spacial score (nSPS) is 20.8. The maximum Gasteiger partial charge on any atom is 0.335 e. The van der Waals surface area contributed by atoms with Crippen molar-refractivity contribution < 1.29 is 108 Å². The first kappa shape index (κ1) is 35.0.